The van der Waals surface area contributed by atoms with Crippen molar-refractivity contribution in [3.05, 3.63) is 48.5 Å². The Labute approximate surface area is 106 Å². The van der Waals surface area contributed by atoms with E-state index in [1.54, 1.807) is 14.2 Å². The van der Waals surface area contributed by atoms with Gasteiger partial charge in [-0.1, -0.05) is 24.3 Å². The van der Waals surface area contributed by atoms with E-state index in [1.807, 2.05) is 12.1 Å². The van der Waals surface area contributed by atoms with E-state index >= 15 is 0 Å². The highest BCUT2D eigenvalue weighted by molar-refractivity contribution is 6.08. The predicted molar refractivity (Wildman–Crippen MR) is 74.6 cm³/mol. The van der Waals surface area contributed by atoms with Gasteiger partial charge in [0.15, 0.2) is 0 Å². The second kappa shape index (κ2) is 4.22. The zero-order valence-corrected chi connectivity index (χ0v) is 10.4. The molecular formula is C16H14O2. The van der Waals surface area contributed by atoms with E-state index in [0.717, 1.165) is 11.5 Å². The van der Waals surface area contributed by atoms with Gasteiger partial charge in [0.25, 0.3) is 0 Å². The first-order chi connectivity index (χ1) is 8.81. The Bertz CT molecular complexity index is 654. The van der Waals surface area contributed by atoms with Crippen LogP contribution >= 0.6 is 0 Å². The van der Waals surface area contributed by atoms with Crippen LogP contribution in [0.15, 0.2) is 48.5 Å². The Morgan fingerprint density at radius 3 is 1.44 bits per heavy atom. The molecule has 0 unspecified atom stereocenters. The summed E-state index contributed by atoms with van der Waals surface area (Å²) in [6.45, 7) is 0. The molecule has 0 fully saturated rings. The molecule has 2 heteroatoms. The van der Waals surface area contributed by atoms with E-state index in [0.29, 0.717) is 0 Å². The van der Waals surface area contributed by atoms with Crippen LogP contribution in [-0.4, -0.2) is 14.2 Å². The largest absolute Gasteiger partial charge is 0.497 e. The van der Waals surface area contributed by atoms with Gasteiger partial charge < -0.3 is 9.47 Å². The number of hydrogen-bond acceptors (Lipinski definition) is 2. The normalized spacial score (nSPS) is 10.8. The molecule has 3 aromatic carbocycles. The van der Waals surface area contributed by atoms with Crippen molar-refractivity contribution in [2.45, 2.75) is 0 Å². The molecule has 3 aromatic rings. The Morgan fingerprint density at radius 2 is 1.06 bits per heavy atom. The summed E-state index contributed by atoms with van der Waals surface area (Å²) in [5, 5.41) is 4.84. The lowest BCUT2D eigenvalue weighted by molar-refractivity contribution is 0.415. The number of hydrogen-bond donors (Lipinski definition) is 0. The summed E-state index contributed by atoms with van der Waals surface area (Å²) in [5.74, 6) is 1.77. The van der Waals surface area contributed by atoms with E-state index in [9.17, 15) is 0 Å². The fourth-order valence-corrected chi connectivity index (χ4v) is 2.28. The summed E-state index contributed by atoms with van der Waals surface area (Å²) in [6, 6.07) is 16.5. The maximum atomic E-state index is 5.25. The van der Waals surface area contributed by atoms with Gasteiger partial charge in [0.05, 0.1) is 14.2 Å². The van der Waals surface area contributed by atoms with Crippen LogP contribution in [0.2, 0.25) is 0 Å². The van der Waals surface area contributed by atoms with Crippen LogP contribution in [0.3, 0.4) is 0 Å². The highest BCUT2D eigenvalue weighted by atomic mass is 16.5. The minimum atomic E-state index is 0.885. The molecule has 0 atom stereocenters. The van der Waals surface area contributed by atoms with Gasteiger partial charge in [0, 0.05) is 0 Å². The molecule has 3 rings (SSSR count). The summed E-state index contributed by atoms with van der Waals surface area (Å²) in [5.41, 5.74) is 0. The number of benzene rings is 3. The van der Waals surface area contributed by atoms with E-state index in [4.69, 9.17) is 9.47 Å². The predicted octanol–water partition coefficient (Wildman–Crippen LogP) is 4.01. The fraction of sp³-hybridized carbons (Fsp3) is 0.125. The molecule has 0 aliphatic carbocycles. The molecule has 0 radical (unpaired) electrons. The molecule has 0 saturated carbocycles. The van der Waals surface area contributed by atoms with Gasteiger partial charge in [-0.15, -0.1) is 0 Å². The van der Waals surface area contributed by atoms with Crippen molar-refractivity contribution >= 4 is 21.5 Å². The highest BCUT2D eigenvalue weighted by Gasteiger charge is 2.03. The van der Waals surface area contributed by atoms with E-state index in [1.165, 1.54) is 21.5 Å². The van der Waals surface area contributed by atoms with Crippen molar-refractivity contribution in [1.82, 2.24) is 0 Å². The molecule has 0 spiro atoms. The van der Waals surface area contributed by atoms with Crippen LogP contribution in [0.1, 0.15) is 0 Å². The first-order valence-electron chi connectivity index (χ1n) is 5.86. The van der Waals surface area contributed by atoms with Gasteiger partial charge in [-0.3, -0.25) is 0 Å². The van der Waals surface area contributed by atoms with Crippen molar-refractivity contribution < 1.29 is 9.47 Å². The van der Waals surface area contributed by atoms with Crippen molar-refractivity contribution in [1.29, 1.82) is 0 Å². The second-order valence-electron chi connectivity index (χ2n) is 4.24. The molecule has 0 saturated heterocycles. The van der Waals surface area contributed by atoms with Crippen molar-refractivity contribution in [3.63, 3.8) is 0 Å². The molecule has 0 aliphatic rings. The molecule has 0 heterocycles. The van der Waals surface area contributed by atoms with Gasteiger partial charge in [-0.05, 0) is 45.8 Å². The van der Waals surface area contributed by atoms with Crippen LogP contribution in [-0.2, 0) is 0 Å². The Balaban J connectivity index is 2.32. The van der Waals surface area contributed by atoms with Gasteiger partial charge in [-0.2, -0.15) is 0 Å². The molecule has 0 aliphatic heterocycles. The average molecular weight is 238 g/mol. The van der Waals surface area contributed by atoms with Crippen molar-refractivity contribution in [3.8, 4) is 11.5 Å². The third-order valence-corrected chi connectivity index (χ3v) is 3.25. The molecule has 2 nitrogen and oxygen atoms in total. The zero-order valence-electron chi connectivity index (χ0n) is 10.4. The molecule has 0 N–H and O–H groups in total. The monoisotopic (exact) mass is 238 g/mol. The average Bonchev–Trinajstić information content (AvgIpc) is 2.45. The first kappa shape index (κ1) is 10.9. The standard InChI is InChI=1S/C16H14O2/c1-17-13-5-7-15-11(9-13)3-4-12-10-14(18-2)6-8-16(12)15/h3-10H,1-2H3. The summed E-state index contributed by atoms with van der Waals surface area (Å²) < 4.78 is 10.5. The van der Waals surface area contributed by atoms with Gasteiger partial charge in [0.1, 0.15) is 11.5 Å². The smallest absolute Gasteiger partial charge is 0.119 e. The van der Waals surface area contributed by atoms with Gasteiger partial charge >= 0.3 is 0 Å². The molecule has 0 amide bonds. The Morgan fingerprint density at radius 1 is 0.611 bits per heavy atom. The summed E-state index contributed by atoms with van der Waals surface area (Å²) in [6.07, 6.45) is 0. The number of methoxy groups -OCH3 is 2. The lowest BCUT2D eigenvalue weighted by Gasteiger charge is -2.07. The first-order valence-corrected chi connectivity index (χ1v) is 5.86. The van der Waals surface area contributed by atoms with E-state index in [-0.39, 0.29) is 0 Å². The number of fused-ring (bicyclic) bond motifs is 3. The minimum absolute atomic E-state index is 0.885. The second-order valence-corrected chi connectivity index (χ2v) is 4.24. The maximum Gasteiger partial charge on any atom is 0.119 e. The molecule has 0 aromatic heterocycles. The molecule has 18 heavy (non-hydrogen) atoms. The fourth-order valence-electron chi connectivity index (χ4n) is 2.28. The quantitative estimate of drug-likeness (QED) is 0.628. The summed E-state index contributed by atoms with van der Waals surface area (Å²) >= 11 is 0. The summed E-state index contributed by atoms with van der Waals surface area (Å²) in [4.78, 5) is 0. The SMILES string of the molecule is COc1ccc2c(ccc3cc(OC)ccc32)c1. The van der Waals surface area contributed by atoms with Crippen LogP contribution < -0.4 is 9.47 Å². The topological polar surface area (TPSA) is 18.5 Å². The number of rotatable bonds is 2. The van der Waals surface area contributed by atoms with E-state index < -0.39 is 0 Å². The number of ether oxygens (including phenoxy) is 2. The van der Waals surface area contributed by atoms with E-state index in [2.05, 4.69) is 36.4 Å². The van der Waals surface area contributed by atoms with Crippen LogP contribution in [0.5, 0.6) is 11.5 Å². The molecular weight excluding hydrogens is 224 g/mol. The third-order valence-electron chi connectivity index (χ3n) is 3.25. The molecule has 90 valence electrons. The Hall–Kier alpha value is -2.22. The minimum Gasteiger partial charge on any atom is -0.497 e. The maximum absolute atomic E-state index is 5.25. The zero-order chi connectivity index (χ0) is 12.5. The highest BCUT2D eigenvalue weighted by Crippen LogP contribution is 2.30. The lowest BCUT2D eigenvalue weighted by atomic mass is 10.0. The van der Waals surface area contributed by atoms with Crippen molar-refractivity contribution in [2.24, 2.45) is 0 Å². The Kier molecular flexibility index (Phi) is 2.56. The van der Waals surface area contributed by atoms with Gasteiger partial charge in [-0.25, -0.2) is 0 Å². The van der Waals surface area contributed by atoms with Crippen LogP contribution in [0.4, 0.5) is 0 Å². The third kappa shape index (κ3) is 1.66. The van der Waals surface area contributed by atoms with Crippen LogP contribution in [0, 0.1) is 0 Å². The van der Waals surface area contributed by atoms with Gasteiger partial charge in [0.2, 0.25) is 0 Å². The summed E-state index contributed by atoms with van der Waals surface area (Å²) in [7, 11) is 3.38. The lowest BCUT2D eigenvalue weighted by Crippen LogP contribution is -1.85. The van der Waals surface area contributed by atoms with Crippen LogP contribution in [0.25, 0.3) is 21.5 Å². The van der Waals surface area contributed by atoms with Crippen molar-refractivity contribution in [2.75, 3.05) is 14.2 Å². The molecule has 0 bridgehead atoms.